The van der Waals surface area contributed by atoms with Crippen LogP contribution in [0.2, 0.25) is 0 Å². The van der Waals surface area contributed by atoms with Gasteiger partial charge >= 0.3 is 0 Å². The third kappa shape index (κ3) is 2.82. The summed E-state index contributed by atoms with van der Waals surface area (Å²) < 4.78 is 6.73. The molecule has 0 aromatic heterocycles. The van der Waals surface area contributed by atoms with E-state index in [4.69, 9.17) is 4.74 Å². The minimum absolute atomic E-state index is 0.0224. The summed E-state index contributed by atoms with van der Waals surface area (Å²) in [5.41, 5.74) is 1.27. The van der Waals surface area contributed by atoms with Gasteiger partial charge in [-0.15, -0.1) is 0 Å². The van der Waals surface area contributed by atoms with Crippen LogP contribution in [0.15, 0.2) is 51.4 Å². The molecule has 2 nitrogen and oxygen atoms in total. The highest BCUT2D eigenvalue weighted by molar-refractivity contribution is 9.11. The summed E-state index contributed by atoms with van der Waals surface area (Å²) in [6.45, 7) is 0. The van der Waals surface area contributed by atoms with Gasteiger partial charge in [0.15, 0.2) is 5.78 Å². The molecule has 0 bridgehead atoms. The fourth-order valence-corrected chi connectivity index (χ4v) is 2.36. The monoisotopic (exact) mass is 368 g/mol. The van der Waals surface area contributed by atoms with Gasteiger partial charge in [0.05, 0.1) is 7.11 Å². The van der Waals surface area contributed by atoms with E-state index in [9.17, 15) is 4.79 Å². The van der Waals surface area contributed by atoms with Crippen molar-refractivity contribution in [3.63, 3.8) is 0 Å². The summed E-state index contributed by atoms with van der Waals surface area (Å²) in [6.07, 6.45) is 0. The molecule has 0 amide bonds. The van der Waals surface area contributed by atoms with E-state index in [2.05, 4.69) is 31.9 Å². The van der Waals surface area contributed by atoms with Crippen LogP contribution in [-0.2, 0) is 0 Å². The van der Waals surface area contributed by atoms with Crippen molar-refractivity contribution >= 4 is 37.6 Å². The Bertz CT molecular complexity index is 577. The SMILES string of the molecule is COc1ccc(C(=O)c2cc(Br)ccc2Br)cc1. The zero-order valence-electron chi connectivity index (χ0n) is 9.61. The molecule has 0 N–H and O–H groups in total. The molecule has 0 atom stereocenters. The largest absolute Gasteiger partial charge is 0.497 e. The number of carbonyl (C=O) groups is 1. The Hall–Kier alpha value is -1.13. The molecule has 0 spiro atoms. The first-order chi connectivity index (χ1) is 8.61. The number of carbonyl (C=O) groups excluding carboxylic acids is 1. The van der Waals surface area contributed by atoms with Crippen LogP contribution in [-0.4, -0.2) is 12.9 Å². The van der Waals surface area contributed by atoms with Gasteiger partial charge in [-0.05, 0) is 42.5 Å². The normalized spacial score (nSPS) is 10.2. The Morgan fingerprint density at radius 1 is 1.06 bits per heavy atom. The van der Waals surface area contributed by atoms with Gasteiger partial charge in [0, 0.05) is 20.1 Å². The molecule has 0 heterocycles. The van der Waals surface area contributed by atoms with E-state index in [0.717, 1.165) is 14.7 Å². The molecular formula is C14H10Br2O2. The topological polar surface area (TPSA) is 26.3 Å². The van der Waals surface area contributed by atoms with Crippen LogP contribution in [0.3, 0.4) is 0 Å². The molecule has 2 rings (SSSR count). The van der Waals surface area contributed by atoms with Crippen LogP contribution >= 0.6 is 31.9 Å². The number of ether oxygens (including phenoxy) is 1. The van der Waals surface area contributed by atoms with Gasteiger partial charge in [-0.2, -0.15) is 0 Å². The Morgan fingerprint density at radius 2 is 1.72 bits per heavy atom. The van der Waals surface area contributed by atoms with E-state index in [-0.39, 0.29) is 5.78 Å². The molecule has 18 heavy (non-hydrogen) atoms. The number of ketones is 1. The van der Waals surface area contributed by atoms with Gasteiger partial charge in [0.1, 0.15) is 5.75 Å². The summed E-state index contributed by atoms with van der Waals surface area (Å²) in [5, 5.41) is 0. The highest BCUT2D eigenvalue weighted by Gasteiger charge is 2.13. The van der Waals surface area contributed by atoms with Gasteiger partial charge in [-0.25, -0.2) is 0 Å². The number of hydrogen-bond donors (Lipinski definition) is 0. The van der Waals surface area contributed by atoms with Gasteiger partial charge in [0.2, 0.25) is 0 Å². The van der Waals surface area contributed by atoms with E-state index < -0.39 is 0 Å². The number of methoxy groups -OCH3 is 1. The quantitative estimate of drug-likeness (QED) is 0.747. The van der Waals surface area contributed by atoms with E-state index in [0.29, 0.717) is 11.1 Å². The summed E-state index contributed by atoms with van der Waals surface area (Å²) in [4.78, 5) is 12.3. The van der Waals surface area contributed by atoms with Crippen LogP contribution in [0.1, 0.15) is 15.9 Å². The van der Waals surface area contributed by atoms with Crippen molar-refractivity contribution in [2.75, 3.05) is 7.11 Å². The second-order valence-electron chi connectivity index (χ2n) is 3.68. The first-order valence-electron chi connectivity index (χ1n) is 5.25. The van der Waals surface area contributed by atoms with Crippen molar-refractivity contribution in [1.29, 1.82) is 0 Å². The summed E-state index contributed by atoms with van der Waals surface area (Å²) in [7, 11) is 1.60. The van der Waals surface area contributed by atoms with E-state index >= 15 is 0 Å². The maximum Gasteiger partial charge on any atom is 0.194 e. The first-order valence-corrected chi connectivity index (χ1v) is 6.84. The molecule has 4 heteroatoms. The molecule has 2 aromatic rings. The molecule has 0 aliphatic rings. The molecular weight excluding hydrogens is 360 g/mol. The lowest BCUT2D eigenvalue weighted by Gasteiger charge is -2.05. The molecule has 92 valence electrons. The predicted octanol–water partition coefficient (Wildman–Crippen LogP) is 4.45. The molecule has 0 unspecified atom stereocenters. The number of hydrogen-bond acceptors (Lipinski definition) is 2. The third-order valence-electron chi connectivity index (χ3n) is 2.53. The third-order valence-corrected chi connectivity index (χ3v) is 3.71. The fraction of sp³-hybridized carbons (Fsp3) is 0.0714. The average Bonchev–Trinajstić information content (AvgIpc) is 2.41. The number of halogens is 2. The van der Waals surface area contributed by atoms with E-state index in [1.807, 2.05) is 12.1 Å². The van der Waals surface area contributed by atoms with Crippen LogP contribution in [0.5, 0.6) is 5.75 Å². The van der Waals surface area contributed by atoms with Crippen molar-refractivity contribution in [3.05, 3.63) is 62.5 Å². The fourth-order valence-electron chi connectivity index (χ4n) is 1.57. The van der Waals surface area contributed by atoms with Crippen molar-refractivity contribution in [2.45, 2.75) is 0 Å². The van der Waals surface area contributed by atoms with Gasteiger partial charge in [-0.1, -0.05) is 31.9 Å². The Morgan fingerprint density at radius 3 is 2.33 bits per heavy atom. The van der Waals surface area contributed by atoms with Crippen molar-refractivity contribution < 1.29 is 9.53 Å². The van der Waals surface area contributed by atoms with Crippen LogP contribution < -0.4 is 4.74 Å². The summed E-state index contributed by atoms with van der Waals surface area (Å²) >= 11 is 6.76. The van der Waals surface area contributed by atoms with Crippen LogP contribution in [0.25, 0.3) is 0 Å². The zero-order chi connectivity index (χ0) is 13.1. The first kappa shape index (κ1) is 13.3. The van der Waals surface area contributed by atoms with E-state index in [1.54, 1.807) is 37.4 Å². The molecule has 0 radical (unpaired) electrons. The predicted molar refractivity (Wildman–Crippen MR) is 78.3 cm³/mol. The molecule has 2 aromatic carbocycles. The van der Waals surface area contributed by atoms with E-state index in [1.165, 1.54) is 0 Å². The van der Waals surface area contributed by atoms with Gasteiger partial charge in [0.25, 0.3) is 0 Å². The lowest BCUT2D eigenvalue weighted by atomic mass is 10.0. The minimum atomic E-state index is -0.0224. The van der Waals surface area contributed by atoms with Crippen LogP contribution in [0, 0.1) is 0 Å². The maximum absolute atomic E-state index is 12.3. The lowest BCUT2D eigenvalue weighted by molar-refractivity contribution is 0.103. The minimum Gasteiger partial charge on any atom is -0.497 e. The molecule has 0 aliphatic heterocycles. The number of benzene rings is 2. The zero-order valence-corrected chi connectivity index (χ0v) is 12.8. The molecule has 0 aliphatic carbocycles. The standard InChI is InChI=1S/C14H10Br2O2/c1-18-11-5-2-9(3-6-11)14(17)12-8-10(15)4-7-13(12)16/h2-8H,1H3. The average molecular weight is 370 g/mol. The van der Waals surface area contributed by atoms with Crippen LogP contribution in [0.4, 0.5) is 0 Å². The summed E-state index contributed by atoms with van der Waals surface area (Å²) in [6, 6.07) is 12.6. The molecule has 0 saturated heterocycles. The maximum atomic E-state index is 12.3. The van der Waals surface area contributed by atoms with Gasteiger partial charge < -0.3 is 4.74 Å². The Kier molecular flexibility index (Phi) is 4.19. The summed E-state index contributed by atoms with van der Waals surface area (Å²) in [5.74, 6) is 0.714. The molecule has 0 fully saturated rings. The second kappa shape index (κ2) is 5.67. The number of rotatable bonds is 3. The highest BCUT2D eigenvalue weighted by atomic mass is 79.9. The van der Waals surface area contributed by atoms with Crippen molar-refractivity contribution in [1.82, 2.24) is 0 Å². The van der Waals surface area contributed by atoms with Gasteiger partial charge in [-0.3, -0.25) is 4.79 Å². The smallest absolute Gasteiger partial charge is 0.194 e. The van der Waals surface area contributed by atoms with Crippen molar-refractivity contribution in [3.8, 4) is 5.75 Å². The highest BCUT2D eigenvalue weighted by Crippen LogP contribution is 2.24. The second-order valence-corrected chi connectivity index (χ2v) is 5.45. The Balaban J connectivity index is 2.38. The lowest BCUT2D eigenvalue weighted by Crippen LogP contribution is -2.02. The molecule has 0 saturated carbocycles. The Labute approximate surface area is 122 Å². The van der Waals surface area contributed by atoms with Crippen molar-refractivity contribution in [2.24, 2.45) is 0 Å².